The predicted octanol–water partition coefficient (Wildman–Crippen LogP) is 3.58. The lowest BCUT2D eigenvalue weighted by Crippen LogP contribution is -2.49. The molecule has 1 aliphatic heterocycles. The number of rotatable bonds is 12. The Bertz CT molecular complexity index is 1450. The van der Waals surface area contributed by atoms with Crippen molar-refractivity contribution >= 4 is 6.09 Å². The normalized spacial score (nSPS) is 21.9. The molecular weight excluding hydrogens is 554 g/mol. The maximum atomic E-state index is 12.9. The Morgan fingerprint density at radius 1 is 1.05 bits per heavy atom. The maximum Gasteiger partial charge on any atom is 0.407 e. The molecule has 11 heteroatoms. The number of aromatic amines is 1. The summed E-state index contributed by atoms with van der Waals surface area (Å²) in [5.74, 6) is 0. The van der Waals surface area contributed by atoms with E-state index in [1.807, 2.05) is 60.7 Å². The molecule has 0 aliphatic carbocycles. The molecule has 11 nitrogen and oxygen atoms in total. The van der Waals surface area contributed by atoms with E-state index in [2.05, 4.69) is 10.3 Å². The van der Waals surface area contributed by atoms with Crippen LogP contribution in [0.25, 0.3) is 0 Å². The number of nitrogens with zero attached hydrogens (tertiary/aromatic N) is 1. The molecule has 232 valence electrons. The highest BCUT2D eigenvalue weighted by Gasteiger charge is 2.56. The number of aryl methyl sites for hydroxylation is 1. The van der Waals surface area contributed by atoms with E-state index in [4.69, 9.17) is 18.9 Å². The van der Waals surface area contributed by atoms with Crippen LogP contribution in [0.5, 0.6) is 0 Å². The number of ether oxygens (including phenoxy) is 4. The summed E-state index contributed by atoms with van der Waals surface area (Å²) in [4.78, 5) is 39.5. The van der Waals surface area contributed by atoms with Crippen LogP contribution in [0.1, 0.15) is 56.5 Å². The number of nitrogens with one attached hydrogen (secondary N) is 2. The zero-order chi connectivity index (χ0) is 31.0. The number of carbonyl (C=O) groups is 1. The van der Waals surface area contributed by atoms with Crippen molar-refractivity contribution in [3.63, 3.8) is 0 Å². The smallest absolute Gasteiger partial charge is 0.407 e. The van der Waals surface area contributed by atoms with Crippen LogP contribution in [0.2, 0.25) is 0 Å². The standard InChI is InChI=1S/C32H41N3O8/c1-22-18-35(29(38)34-27(22)37)28-25(36)26(41-20-24-14-9-6-10-15-24)32(42-28,21-40-19-23-12-7-5-8-13-23)16-11-17-33-30(39)43-31(2,3)4/h5-10,12-15,18,25-26,28,36H,11,16-17,19-21H2,1-4H3,(H,33,39)(H,34,37,38)/t25-,26+,28-,32-/m1/s1. The van der Waals surface area contributed by atoms with Gasteiger partial charge in [-0.05, 0) is 51.7 Å². The van der Waals surface area contributed by atoms with Gasteiger partial charge in [-0.2, -0.15) is 0 Å². The summed E-state index contributed by atoms with van der Waals surface area (Å²) < 4.78 is 25.6. The molecule has 3 N–H and O–H groups in total. The molecule has 0 unspecified atom stereocenters. The fourth-order valence-corrected chi connectivity index (χ4v) is 5.04. The van der Waals surface area contributed by atoms with Crippen LogP contribution >= 0.6 is 0 Å². The molecule has 0 bridgehead atoms. The summed E-state index contributed by atoms with van der Waals surface area (Å²) in [6.07, 6.45) is -1.81. The second-order valence-electron chi connectivity index (χ2n) is 11.8. The van der Waals surface area contributed by atoms with Gasteiger partial charge in [0.15, 0.2) is 6.23 Å². The van der Waals surface area contributed by atoms with Crippen molar-refractivity contribution in [2.45, 2.75) is 83.4 Å². The van der Waals surface area contributed by atoms with Crippen molar-refractivity contribution in [3.05, 3.63) is 104 Å². The molecule has 0 radical (unpaired) electrons. The molecule has 4 atom stereocenters. The van der Waals surface area contributed by atoms with Gasteiger partial charge >= 0.3 is 11.8 Å². The molecule has 0 spiro atoms. The van der Waals surface area contributed by atoms with Gasteiger partial charge in [0.05, 0.1) is 19.8 Å². The Kier molecular flexibility index (Phi) is 10.6. The average Bonchev–Trinajstić information content (AvgIpc) is 3.23. The number of hydrogen-bond donors (Lipinski definition) is 3. The molecule has 1 saturated heterocycles. The summed E-state index contributed by atoms with van der Waals surface area (Å²) in [7, 11) is 0. The minimum Gasteiger partial charge on any atom is -0.444 e. The molecule has 43 heavy (non-hydrogen) atoms. The first kappa shape index (κ1) is 32.2. The second-order valence-corrected chi connectivity index (χ2v) is 11.8. The molecular formula is C32H41N3O8. The largest absolute Gasteiger partial charge is 0.444 e. The van der Waals surface area contributed by atoms with Crippen molar-refractivity contribution in [1.82, 2.24) is 14.9 Å². The summed E-state index contributed by atoms with van der Waals surface area (Å²) >= 11 is 0. The van der Waals surface area contributed by atoms with Crippen molar-refractivity contribution in [1.29, 1.82) is 0 Å². The number of aromatic nitrogens is 2. The van der Waals surface area contributed by atoms with Crippen molar-refractivity contribution in [2.24, 2.45) is 0 Å². The first-order valence-corrected chi connectivity index (χ1v) is 14.4. The quantitative estimate of drug-likeness (QED) is 0.270. The molecule has 1 fully saturated rings. The van der Waals surface area contributed by atoms with Gasteiger partial charge in [-0.25, -0.2) is 9.59 Å². The third kappa shape index (κ3) is 8.64. The minimum absolute atomic E-state index is 0.0262. The zero-order valence-electron chi connectivity index (χ0n) is 25.1. The van der Waals surface area contributed by atoms with Gasteiger partial charge < -0.3 is 29.4 Å². The summed E-state index contributed by atoms with van der Waals surface area (Å²) in [5, 5.41) is 14.4. The minimum atomic E-state index is -1.29. The van der Waals surface area contributed by atoms with Gasteiger partial charge in [-0.15, -0.1) is 0 Å². The number of alkyl carbamates (subject to hydrolysis) is 1. The number of benzene rings is 2. The van der Waals surface area contributed by atoms with E-state index in [9.17, 15) is 19.5 Å². The highest BCUT2D eigenvalue weighted by Crippen LogP contribution is 2.42. The number of aliphatic hydroxyl groups excluding tert-OH is 1. The maximum absolute atomic E-state index is 12.9. The lowest BCUT2D eigenvalue weighted by Gasteiger charge is -2.34. The van der Waals surface area contributed by atoms with Crippen LogP contribution in [0.4, 0.5) is 4.79 Å². The van der Waals surface area contributed by atoms with Gasteiger partial charge in [-0.1, -0.05) is 60.7 Å². The van der Waals surface area contributed by atoms with Gasteiger partial charge in [-0.3, -0.25) is 14.3 Å². The topological polar surface area (TPSA) is 141 Å². The van der Waals surface area contributed by atoms with Crippen molar-refractivity contribution < 1.29 is 28.8 Å². The molecule has 1 aliphatic rings. The Morgan fingerprint density at radius 3 is 2.30 bits per heavy atom. The van der Waals surface area contributed by atoms with Crippen LogP contribution in [0.15, 0.2) is 76.4 Å². The van der Waals surface area contributed by atoms with E-state index >= 15 is 0 Å². The number of H-pyrrole nitrogens is 1. The molecule has 3 aromatic rings. The van der Waals surface area contributed by atoms with E-state index in [0.717, 1.165) is 11.1 Å². The Morgan fingerprint density at radius 2 is 1.67 bits per heavy atom. The molecule has 4 rings (SSSR count). The van der Waals surface area contributed by atoms with Gasteiger partial charge in [0.2, 0.25) is 0 Å². The number of hydrogen-bond acceptors (Lipinski definition) is 8. The van der Waals surface area contributed by atoms with E-state index < -0.39 is 47.0 Å². The predicted molar refractivity (Wildman–Crippen MR) is 160 cm³/mol. The summed E-state index contributed by atoms with van der Waals surface area (Å²) in [6, 6.07) is 19.1. The van der Waals surface area contributed by atoms with Crippen molar-refractivity contribution in [3.8, 4) is 0 Å². The molecule has 2 heterocycles. The van der Waals surface area contributed by atoms with E-state index in [1.165, 1.54) is 10.8 Å². The van der Waals surface area contributed by atoms with E-state index in [0.29, 0.717) is 12.8 Å². The molecule has 1 amide bonds. The van der Waals surface area contributed by atoms with Gasteiger partial charge in [0, 0.05) is 18.3 Å². The number of carbonyl (C=O) groups excluding carboxylic acids is 1. The molecule has 1 aromatic heterocycles. The van der Waals surface area contributed by atoms with E-state index in [-0.39, 0.29) is 31.9 Å². The lowest BCUT2D eigenvalue weighted by molar-refractivity contribution is -0.161. The first-order valence-electron chi connectivity index (χ1n) is 14.4. The van der Waals surface area contributed by atoms with E-state index in [1.54, 1.807) is 27.7 Å². The fraction of sp³-hybridized carbons (Fsp3) is 0.469. The third-order valence-electron chi connectivity index (χ3n) is 7.07. The summed E-state index contributed by atoms with van der Waals surface area (Å²) in [5.41, 5.74) is -0.954. The third-order valence-corrected chi connectivity index (χ3v) is 7.07. The van der Waals surface area contributed by atoms with Crippen LogP contribution in [0.3, 0.4) is 0 Å². The number of amides is 1. The van der Waals surface area contributed by atoms with Crippen molar-refractivity contribution in [2.75, 3.05) is 13.2 Å². The Hall–Kier alpha value is -3.77. The zero-order valence-corrected chi connectivity index (χ0v) is 25.1. The highest BCUT2D eigenvalue weighted by atomic mass is 16.6. The first-order chi connectivity index (χ1) is 20.5. The van der Waals surface area contributed by atoms with Crippen LogP contribution in [0, 0.1) is 6.92 Å². The van der Waals surface area contributed by atoms with Crippen LogP contribution in [-0.4, -0.2) is 57.3 Å². The SMILES string of the molecule is Cc1cn([C@@H]2O[C@](CCCNC(=O)OC(C)(C)C)(COCc3ccccc3)[C@@H](OCc3ccccc3)[C@H]2O)c(=O)[nH]c1=O. The molecule has 2 aromatic carbocycles. The van der Waals surface area contributed by atoms with Crippen LogP contribution in [-0.2, 0) is 32.2 Å². The number of aliphatic hydroxyl groups is 1. The van der Waals surface area contributed by atoms with Gasteiger partial charge in [0.25, 0.3) is 5.56 Å². The Balaban J connectivity index is 1.62. The lowest BCUT2D eigenvalue weighted by atomic mass is 9.90. The second kappa shape index (κ2) is 14.1. The highest BCUT2D eigenvalue weighted by molar-refractivity contribution is 5.67. The molecule has 0 saturated carbocycles. The monoisotopic (exact) mass is 595 g/mol. The summed E-state index contributed by atoms with van der Waals surface area (Å²) in [6.45, 7) is 7.68. The van der Waals surface area contributed by atoms with Crippen LogP contribution < -0.4 is 16.6 Å². The fourth-order valence-electron chi connectivity index (χ4n) is 5.04. The van der Waals surface area contributed by atoms with Gasteiger partial charge in [0.1, 0.15) is 23.4 Å². The Labute approximate surface area is 250 Å². The average molecular weight is 596 g/mol.